The first-order valence-corrected chi connectivity index (χ1v) is 20.5. The molecule has 0 atom stereocenters. The van der Waals surface area contributed by atoms with Gasteiger partial charge < -0.3 is 9.32 Å². The molecule has 0 aliphatic carbocycles. The van der Waals surface area contributed by atoms with Crippen molar-refractivity contribution in [2.24, 2.45) is 0 Å². The first kappa shape index (κ1) is 35.2. The number of benzene rings is 10. The fourth-order valence-corrected chi connectivity index (χ4v) is 9.06. The quantitative estimate of drug-likeness (QED) is 0.153. The summed E-state index contributed by atoms with van der Waals surface area (Å²) in [5.41, 5.74) is 16.4. The summed E-state index contributed by atoms with van der Waals surface area (Å²) < 4.78 is 6.54. The van der Waals surface area contributed by atoms with Crippen molar-refractivity contribution in [1.29, 1.82) is 0 Å². The molecule has 0 amide bonds. The van der Waals surface area contributed by atoms with E-state index in [1.807, 2.05) is 6.07 Å². The molecule has 2 nitrogen and oxygen atoms in total. The predicted molar refractivity (Wildman–Crippen MR) is 253 cm³/mol. The average Bonchev–Trinajstić information content (AvgIpc) is 3.72. The van der Waals surface area contributed by atoms with Crippen LogP contribution < -0.4 is 4.90 Å². The van der Waals surface area contributed by atoms with Gasteiger partial charge in [-0.1, -0.05) is 212 Å². The first-order valence-electron chi connectivity index (χ1n) is 20.5. The molecular weight excluding hydrogens is 727 g/mol. The van der Waals surface area contributed by atoms with Crippen LogP contribution >= 0.6 is 0 Å². The van der Waals surface area contributed by atoms with Gasteiger partial charge in [0.25, 0.3) is 0 Å². The first-order chi connectivity index (χ1) is 29.8. The van der Waals surface area contributed by atoms with E-state index >= 15 is 0 Å². The predicted octanol–water partition coefficient (Wildman–Crippen LogP) is 16.5. The molecule has 0 aliphatic heterocycles. The van der Waals surface area contributed by atoms with Crippen molar-refractivity contribution in [3.8, 4) is 55.6 Å². The number of furan rings is 1. The third kappa shape index (κ3) is 6.06. The van der Waals surface area contributed by atoms with E-state index in [1.54, 1.807) is 0 Å². The number of rotatable bonds is 8. The van der Waals surface area contributed by atoms with Crippen LogP contribution in [0.2, 0.25) is 0 Å². The molecule has 0 aliphatic rings. The van der Waals surface area contributed by atoms with E-state index in [9.17, 15) is 0 Å². The Balaban J connectivity index is 1.29. The largest absolute Gasteiger partial charge is 0.456 e. The van der Waals surface area contributed by atoms with Crippen LogP contribution in [0.4, 0.5) is 17.1 Å². The molecule has 0 saturated carbocycles. The molecular formula is C58H39NO. The van der Waals surface area contributed by atoms with Gasteiger partial charge in [0.1, 0.15) is 11.2 Å². The van der Waals surface area contributed by atoms with Gasteiger partial charge in [-0.15, -0.1) is 0 Å². The monoisotopic (exact) mass is 765 g/mol. The molecule has 1 heterocycles. The van der Waals surface area contributed by atoms with E-state index in [0.717, 1.165) is 77.9 Å². The molecule has 60 heavy (non-hydrogen) atoms. The molecule has 0 spiro atoms. The number of hydrogen-bond donors (Lipinski definition) is 0. The molecule has 10 aromatic carbocycles. The zero-order chi connectivity index (χ0) is 39.8. The van der Waals surface area contributed by atoms with Gasteiger partial charge in [-0.05, 0) is 68.4 Å². The second-order valence-electron chi connectivity index (χ2n) is 15.2. The van der Waals surface area contributed by atoms with Gasteiger partial charge in [-0.25, -0.2) is 0 Å². The molecule has 2 heteroatoms. The van der Waals surface area contributed by atoms with Gasteiger partial charge in [-0.2, -0.15) is 0 Å². The maximum Gasteiger partial charge on any atom is 0.136 e. The number of anilines is 3. The molecule has 0 bridgehead atoms. The Morgan fingerprint density at radius 2 is 0.717 bits per heavy atom. The average molecular weight is 766 g/mol. The Labute approximate surface area is 349 Å². The highest BCUT2D eigenvalue weighted by Gasteiger charge is 2.28. The molecule has 0 unspecified atom stereocenters. The van der Waals surface area contributed by atoms with Gasteiger partial charge >= 0.3 is 0 Å². The molecule has 11 rings (SSSR count). The van der Waals surface area contributed by atoms with Crippen LogP contribution in [0.1, 0.15) is 0 Å². The standard InChI is InChI=1S/C58H39NO/c1-3-20-40(21-4-1)43-27-9-10-28-46(43)48-29-11-14-36-53(48)59(54-37-15-12-30-49(54)47-33-17-25-41-24-7-8-26-44(41)47)58-45(42-22-5-2-6-23-42)32-18-35-51(58)50-34-19-39-56-57(50)52-31-13-16-38-55(52)60-56/h1-39H. The third-order valence-corrected chi connectivity index (χ3v) is 11.7. The number of fused-ring (bicyclic) bond motifs is 4. The normalized spacial score (nSPS) is 11.3. The maximum absolute atomic E-state index is 6.54. The number of para-hydroxylation sites is 4. The van der Waals surface area contributed by atoms with Crippen molar-refractivity contribution >= 4 is 49.8 Å². The van der Waals surface area contributed by atoms with Crippen molar-refractivity contribution in [1.82, 2.24) is 0 Å². The van der Waals surface area contributed by atoms with Crippen molar-refractivity contribution < 1.29 is 4.42 Å². The second-order valence-corrected chi connectivity index (χ2v) is 15.2. The highest BCUT2D eigenvalue weighted by molar-refractivity contribution is 6.15. The van der Waals surface area contributed by atoms with Gasteiger partial charge in [0.05, 0.1) is 17.1 Å². The van der Waals surface area contributed by atoms with Crippen LogP contribution in [-0.2, 0) is 0 Å². The van der Waals surface area contributed by atoms with Crippen LogP contribution in [0.3, 0.4) is 0 Å². The summed E-state index contributed by atoms with van der Waals surface area (Å²) in [5.74, 6) is 0. The van der Waals surface area contributed by atoms with Crippen LogP contribution in [0, 0.1) is 0 Å². The molecule has 0 saturated heterocycles. The van der Waals surface area contributed by atoms with E-state index in [2.05, 4.69) is 235 Å². The summed E-state index contributed by atoms with van der Waals surface area (Å²) in [6.07, 6.45) is 0. The smallest absolute Gasteiger partial charge is 0.136 e. The van der Waals surface area contributed by atoms with Crippen LogP contribution in [0.25, 0.3) is 88.3 Å². The Hall–Kier alpha value is -7.94. The number of nitrogens with zero attached hydrogens (tertiary/aromatic N) is 1. The Morgan fingerprint density at radius 1 is 0.267 bits per heavy atom. The fraction of sp³-hybridized carbons (Fsp3) is 0. The van der Waals surface area contributed by atoms with Crippen LogP contribution in [-0.4, -0.2) is 0 Å². The minimum Gasteiger partial charge on any atom is -0.456 e. The molecule has 0 N–H and O–H groups in total. The van der Waals surface area contributed by atoms with Gasteiger partial charge in [0.2, 0.25) is 0 Å². The van der Waals surface area contributed by atoms with E-state index in [1.165, 1.54) is 27.5 Å². The van der Waals surface area contributed by atoms with Crippen LogP contribution in [0.5, 0.6) is 0 Å². The Kier molecular flexibility index (Phi) is 8.87. The summed E-state index contributed by atoms with van der Waals surface area (Å²) in [5, 5.41) is 4.61. The zero-order valence-corrected chi connectivity index (χ0v) is 32.9. The van der Waals surface area contributed by atoms with Crippen molar-refractivity contribution in [2.75, 3.05) is 4.90 Å². The second kappa shape index (κ2) is 15.1. The van der Waals surface area contributed by atoms with E-state index < -0.39 is 0 Å². The molecule has 11 aromatic rings. The lowest BCUT2D eigenvalue weighted by Gasteiger charge is -2.34. The van der Waals surface area contributed by atoms with Crippen molar-refractivity contribution in [3.05, 3.63) is 237 Å². The SMILES string of the molecule is c1ccc(-c2ccccc2-c2ccccc2N(c2ccccc2-c2cccc3ccccc23)c2c(-c3ccccc3)cccc2-c2cccc3oc4ccccc4c23)cc1. The van der Waals surface area contributed by atoms with Crippen molar-refractivity contribution in [3.63, 3.8) is 0 Å². The number of hydrogen-bond acceptors (Lipinski definition) is 2. The van der Waals surface area contributed by atoms with E-state index in [4.69, 9.17) is 4.42 Å². The zero-order valence-electron chi connectivity index (χ0n) is 32.9. The van der Waals surface area contributed by atoms with E-state index in [0.29, 0.717) is 0 Å². The summed E-state index contributed by atoms with van der Waals surface area (Å²) >= 11 is 0. The third-order valence-electron chi connectivity index (χ3n) is 11.7. The molecule has 282 valence electrons. The lowest BCUT2D eigenvalue weighted by molar-refractivity contribution is 0.669. The highest BCUT2D eigenvalue weighted by Crippen LogP contribution is 2.53. The van der Waals surface area contributed by atoms with Gasteiger partial charge in [0, 0.05) is 33.0 Å². The lowest BCUT2D eigenvalue weighted by atomic mass is 9.89. The molecule has 1 aromatic heterocycles. The summed E-state index contributed by atoms with van der Waals surface area (Å²) in [4.78, 5) is 2.53. The van der Waals surface area contributed by atoms with E-state index in [-0.39, 0.29) is 0 Å². The Bertz CT molecular complexity index is 3320. The lowest BCUT2D eigenvalue weighted by Crippen LogP contribution is -2.15. The summed E-state index contributed by atoms with van der Waals surface area (Å²) in [6, 6.07) is 85.1. The topological polar surface area (TPSA) is 16.4 Å². The minimum absolute atomic E-state index is 0.865. The highest BCUT2D eigenvalue weighted by atomic mass is 16.3. The van der Waals surface area contributed by atoms with Crippen LogP contribution in [0.15, 0.2) is 241 Å². The maximum atomic E-state index is 6.54. The summed E-state index contributed by atoms with van der Waals surface area (Å²) in [6.45, 7) is 0. The Morgan fingerprint density at radius 3 is 1.47 bits per heavy atom. The van der Waals surface area contributed by atoms with Gasteiger partial charge in [-0.3, -0.25) is 0 Å². The molecule has 0 radical (unpaired) electrons. The minimum atomic E-state index is 0.865. The fourth-order valence-electron chi connectivity index (χ4n) is 9.06. The summed E-state index contributed by atoms with van der Waals surface area (Å²) in [7, 11) is 0. The van der Waals surface area contributed by atoms with Gasteiger partial charge in [0.15, 0.2) is 0 Å². The van der Waals surface area contributed by atoms with Crippen molar-refractivity contribution in [2.45, 2.75) is 0 Å². The molecule has 0 fully saturated rings.